The minimum Gasteiger partial charge on any atom is -0.487 e. The molecule has 0 aromatic heterocycles. The molecule has 1 spiro atoms. The van der Waals surface area contributed by atoms with E-state index in [1.54, 1.807) is 4.90 Å². The van der Waals surface area contributed by atoms with Gasteiger partial charge in [0, 0.05) is 31.8 Å². The number of ether oxygens (including phenoxy) is 2. The highest BCUT2D eigenvalue weighted by Gasteiger charge is 2.43. The lowest BCUT2D eigenvalue weighted by molar-refractivity contribution is -0.0214. The normalized spacial score (nSPS) is 20.6. The summed E-state index contributed by atoms with van der Waals surface area (Å²) >= 11 is 0. The Kier molecular flexibility index (Phi) is 5.03. The predicted molar refractivity (Wildman–Crippen MR) is 104 cm³/mol. The van der Waals surface area contributed by atoms with Crippen molar-refractivity contribution in [3.63, 3.8) is 0 Å². The molecular weight excluding hydrogens is 340 g/mol. The number of rotatable bonds is 3. The van der Waals surface area contributed by atoms with Crippen LogP contribution < -0.4 is 10.5 Å². The molecule has 2 N–H and O–H groups in total. The smallest absolute Gasteiger partial charge is 0.410 e. The molecule has 0 aliphatic carbocycles. The quantitative estimate of drug-likeness (QED) is 0.900. The van der Waals surface area contributed by atoms with Gasteiger partial charge in [0.15, 0.2) is 0 Å². The number of para-hydroxylation sites is 1. The molecule has 1 saturated heterocycles. The summed E-state index contributed by atoms with van der Waals surface area (Å²) < 4.78 is 11.9. The Morgan fingerprint density at radius 1 is 1.11 bits per heavy atom. The largest absolute Gasteiger partial charge is 0.487 e. The Balaban J connectivity index is 1.36. The van der Waals surface area contributed by atoms with Gasteiger partial charge in [0.2, 0.25) is 0 Å². The van der Waals surface area contributed by atoms with E-state index in [0.717, 1.165) is 30.6 Å². The van der Waals surface area contributed by atoms with E-state index in [2.05, 4.69) is 6.07 Å². The third-order valence-electron chi connectivity index (χ3n) is 5.73. The second-order valence-electron chi connectivity index (χ2n) is 7.49. The maximum absolute atomic E-state index is 12.4. The molecule has 2 aromatic carbocycles. The first-order valence-corrected chi connectivity index (χ1v) is 9.63. The highest BCUT2D eigenvalue weighted by molar-refractivity contribution is 5.67. The molecule has 2 aliphatic rings. The van der Waals surface area contributed by atoms with Crippen molar-refractivity contribution >= 4 is 6.09 Å². The van der Waals surface area contributed by atoms with Crippen molar-refractivity contribution in [2.45, 2.75) is 37.4 Å². The van der Waals surface area contributed by atoms with Gasteiger partial charge in [-0.3, -0.25) is 0 Å². The molecule has 5 nitrogen and oxygen atoms in total. The summed E-state index contributed by atoms with van der Waals surface area (Å²) in [7, 11) is 0. The molecule has 1 atom stereocenters. The van der Waals surface area contributed by atoms with Gasteiger partial charge >= 0.3 is 6.09 Å². The number of hydrogen-bond donors (Lipinski definition) is 1. The molecule has 1 fully saturated rings. The van der Waals surface area contributed by atoms with Crippen LogP contribution in [0.2, 0.25) is 0 Å². The SMILES string of the molecule is NCC1CC2(CCN(C(=O)OCc3ccccc3)CC2)Oc2ccccc21. The van der Waals surface area contributed by atoms with Crippen LogP contribution in [0.5, 0.6) is 5.75 Å². The zero-order valence-corrected chi connectivity index (χ0v) is 15.5. The van der Waals surface area contributed by atoms with Crippen molar-refractivity contribution in [3.8, 4) is 5.75 Å². The summed E-state index contributed by atoms with van der Waals surface area (Å²) in [5, 5.41) is 0. The van der Waals surface area contributed by atoms with Gasteiger partial charge in [0.25, 0.3) is 0 Å². The number of hydrogen-bond acceptors (Lipinski definition) is 4. The lowest BCUT2D eigenvalue weighted by Crippen LogP contribution is -2.52. The summed E-state index contributed by atoms with van der Waals surface area (Å²) in [6.45, 7) is 2.21. The van der Waals surface area contributed by atoms with Gasteiger partial charge in [0.05, 0.1) is 0 Å². The molecule has 2 aromatic rings. The number of nitrogens with zero attached hydrogens (tertiary/aromatic N) is 1. The summed E-state index contributed by atoms with van der Waals surface area (Å²) in [5.74, 6) is 1.26. The van der Waals surface area contributed by atoms with E-state index in [1.807, 2.05) is 48.5 Å². The van der Waals surface area contributed by atoms with Crippen LogP contribution in [0.3, 0.4) is 0 Å². The Morgan fingerprint density at radius 2 is 1.81 bits per heavy atom. The number of piperidine rings is 1. The summed E-state index contributed by atoms with van der Waals surface area (Å²) in [6, 6.07) is 17.9. The Hall–Kier alpha value is -2.53. The highest BCUT2D eigenvalue weighted by atomic mass is 16.6. The van der Waals surface area contributed by atoms with Crippen molar-refractivity contribution < 1.29 is 14.3 Å². The molecule has 0 radical (unpaired) electrons. The van der Waals surface area contributed by atoms with Gasteiger partial charge in [-0.05, 0) is 30.2 Å². The molecule has 0 bridgehead atoms. The van der Waals surface area contributed by atoms with E-state index in [1.165, 1.54) is 5.56 Å². The number of carbonyl (C=O) groups is 1. The van der Waals surface area contributed by atoms with Gasteiger partial charge < -0.3 is 20.1 Å². The maximum atomic E-state index is 12.4. The fourth-order valence-electron chi connectivity index (χ4n) is 4.17. The fourth-order valence-corrected chi connectivity index (χ4v) is 4.17. The topological polar surface area (TPSA) is 64.8 Å². The van der Waals surface area contributed by atoms with E-state index in [-0.39, 0.29) is 11.7 Å². The monoisotopic (exact) mass is 366 g/mol. The lowest BCUT2D eigenvalue weighted by atomic mass is 9.77. The van der Waals surface area contributed by atoms with E-state index in [9.17, 15) is 4.79 Å². The molecule has 2 aliphatic heterocycles. The Morgan fingerprint density at radius 3 is 2.56 bits per heavy atom. The fraction of sp³-hybridized carbons (Fsp3) is 0.409. The molecule has 1 unspecified atom stereocenters. The van der Waals surface area contributed by atoms with Gasteiger partial charge in [-0.1, -0.05) is 48.5 Å². The minimum atomic E-state index is -0.250. The number of benzene rings is 2. The molecule has 4 rings (SSSR count). The second kappa shape index (κ2) is 7.61. The third-order valence-corrected chi connectivity index (χ3v) is 5.73. The predicted octanol–water partition coefficient (Wildman–Crippen LogP) is 3.68. The van der Waals surface area contributed by atoms with Crippen molar-refractivity contribution in [2.75, 3.05) is 19.6 Å². The summed E-state index contributed by atoms with van der Waals surface area (Å²) in [5.41, 5.74) is 8.01. The highest BCUT2D eigenvalue weighted by Crippen LogP contribution is 2.44. The molecule has 5 heteroatoms. The van der Waals surface area contributed by atoms with Gasteiger partial charge in [-0.2, -0.15) is 0 Å². The average molecular weight is 366 g/mol. The molecule has 1 amide bonds. The molecule has 2 heterocycles. The minimum absolute atomic E-state index is 0.228. The van der Waals surface area contributed by atoms with E-state index in [4.69, 9.17) is 15.2 Å². The number of fused-ring (bicyclic) bond motifs is 1. The summed E-state index contributed by atoms with van der Waals surface area (Å²) in [6.07, 6.45) is 2.27. The van der Waals surface area contributed by atoms with Crippen LogP contribution in [0.4, 0.5) is 4.79 Å². The Bertz CT molecular complexity index is 785. The zero-order valence-electron chi connectivity index (χ0n) is 15.5. The van der Waals surface area contributed by atoms with Crippen LogP contribution in [0.15, 0.2) is 54.6 Å². The first-order valence-electron chi connectivity index (χ1n) is 9.63. The van der Waals surface area contributed by atoms with Crippen LogP contribution in [0, 0.1) is 0 Å². The van der Waals surface area contributed by atoms with E-state index >= 15 is 0 Å². The van der Waals surface area contributed by atoms with Gasteiger partial charge in [-0.25, -0.2) is 4.79 Å². The van der Waals surface area contributed by atoms with Crippen LogP contribution >= 0.6 is 0 Å². The van der Waals surface area contributed by atoms with Gasteiger partial charge in [-0.15, -0.1) is 0 Å². The van der Waals surface area contributed by atoms with Crippen molar-refractivity contribution in [2.24, 2.45) is 5.73 Å². The maximum Gasteiger partial charge on any atom is 0.410 e. The van der Waals surface area contributed by atoms with Crippen molar-refractivity contribution in [3.05, 3.63) is 65.7 Å². The molecule has 142 valence electrons. The Labute approximate surface area is 160 Å². The molecular formula is C22H26N2O3. The summed E-state index contributed by atoms with van der Waals surface area (Å²) in [4.78, 5) is 14.2. The van der Waals surface area contributed by atoms with Crippen molar-refractivity contribution in [1.82, 2.24) is 4.90 Å². The van der Waals surface area contributed by atoms with Crippen LogP contribution in [-0.2, 0) is 11.3 Å². The second-order valence-corrected chi connectivity index (χ2v) is 7.49. The molecule has 0 saturated carbocycles. The lowest BCUT2D eigenvalue weighted by Gasteiger charge is -2.46. The van der Waals surface area contributed by atoms with Crippen LogP contribution in [-0.4, -0.2) is 36.2 Å². The number of nitrogens with two attached hydrogens (primary N) is 1. The number of carbonyl (C=O) groups excluding carboxylic acids is 1. The first-order chi connectivity index (χ1) is 13.2. The number of amides is 1. The zero-order chi connectivity index (χ0) is 18.7. The van der Waals surface area contributed by atoms with Gasteiger partial charge in [0.1, 0.15) is 18.0 Å². The first kappa shape index (κ1) is 17.9. The third kappa shape index (κ3) is 3.78. The standard InChI is InChI=1S/C22H26N2O3/c23-15-18-14-22(27-20-9-5-4-8-19(18)20)10-12-24(13-11-22)21(25)26-16-17-6-2-1-3-7-17/h1-9,18H,10-16,23H2. The van der Waals surface area contributed by atoms with Crippen LogP contribution in [0.25, 0.3) is 0 Å². The van der Waals surface area contributed by atoms with E-state index in [0.29, 0.717) is 32.2 Å². The average Bonchev–Trinajstić information content (AvgIpc) is 2.72. The van der Waals surface area contributed by atoms with E-state index < -0.39 is 0 Å². The number of likely N-dealkylation sites (tertiary alicyclic amines) is 1. The van der Waals surface area contributed by atoms with Crippen LogP contribution in [0.1, 0.15) is 36.3 Å². The van der Waals surface area contributed by atoms with Crippen molar-refractivity contribution in [1.29, 1.82) is 0 Å². The molecule has 27 heavy (non-hydrogen) atoms.